The summed E-state index contributed by atoms with van der Waals surface area (Å²) in [6.45, 7) is 1.72. The number of aliphatic imine (C=N–C) groups is 1. The molecular weight excluding hydrogens is 204 g/mol. The molecule has 0 atom stereocenters. The maximum Gasteiger partial charge on any atom is 0.131 e. The standard InChI is InChI=1S/C9H9ClN2S/c1-6(13)12-9(11)7-2-4-8(10)5-3-7/h2-5H,1H3,(H2,11,12,13). The van der Waals surface area contributed by atoms with Crippen LogP contribution >= 0.6 is 23.8 Å². The van der Waals surface area contributed by atoms with E-state index in [0.29, 0.717) is 15.8 Å². The molecule has 0 bridgehead atoms. The highest BCUT2D eigenvalue weighted by Gasteiger charge is 1.97. The highest BCUT2D eigenvalue weighted by atomic mass is 35.5. The van der Waals surface area contributed by atoms with Gasteiger partial charge in [0.15, 0.2) is 0 Å². The molecule has 0 aromatic heterocycles. The number of benzene rings is 1. The zero-order valence-electron chi connectivity index (χ0n) is 7.12. The first-order valence-corrected chi connectivity index (χ1v) is 4.49. The van der Waals surface area contributed by atoms with Crippen LogP contribution in [-0.4, -0.2) is 10.8 Å². The minimum absolute atomic E-state index is 0.421. The molecule has 1 aromatic rings. The van der Waals surface area contributed by atoms with Crippen molar-refractivity contribution in [2.45, 2.75) is 6.92 Å². The van der Waals surface area contributed by atoms with Crippen molar-refractivity contribution in [1.82, 2.24) is 0 Å². The first-order chi connectivity index (χ1) is 6.09. The lowest BCUT2D eigenvalue weighted by Gasteiger charge is -1.99. The van der Waals surface area contributed by atoms with Crippen molar-refractivity contribution < 1.29 is 0 Å². The van der Waals surface area contributed by atoms with E-state index in [0.717, 1.165) is 5.56 Å². The molecule has 1 aromatic carbocycles. The first kappa shape index (κ1) is 10.2. The Kier molecular flexibility index (Phi) is 3.39. The molecule has 0 aliphatic rings. The number of amidine groups is 1. The van der Waals surface area contributed by atoms with Crippen LogP contribution in [0.3, 0.4) is 0 Å². The fraction of sp³-hybridized carbons (Fsp3) is 0.111. The Morgan fingerprint density at radius 2 is 1.92 bits per heavy atom. The van der Waals surface area contributed by atoms with Crippen LogP contribution in [0.5, 0.6) is 0 Å². The summed E-state index contributed by atoms with van der Waals surface area (Å²) in [5.74, 6) is 0.421. The Morgan fingerprint density at radius 3 is 2.38 bits per heavy atom. The predicted molar refractivity (Wildman–Crippen MR) is 60.4 cm³/mol. The third-order valence-electron chi connectivity index (χ3n) is 1.42. The Morgan fingerprint density at radius 1 is 1.38 bits per heavy atom. The second-order valence-corrected chi connectivity index (χ2v) is 3.55. The minimum Gasteiger partial charge on any atom is -0.383 e. The molecule has 0 heterocycles. The Bertz CT molecular complexity index is 343. The number of nitrogens with zero attached hydrogens (tertiary/aromatic N) is 1. The number of hydrogen-bond acceptors (Lipinski definition) is 1. The summed E-state index contributed by atoms with van der Waals surface area (Å²) in [6.07, 6.45) is 0. The fourth-order valence-electron chi connectivity index (χ4n) is 0.855. The number of rotatable bonds is 1. The average molecular weight is 213 g/mol. The summed E-state index contributed by atoms with van der Waals surface area (Å²) in [5.41, 5.74) is 6.49. The van der Waals surface area contributed by atoms with Crippen LogP contribution in [-0.2, 0) is 0 Å². The van der Waals surface area contributed by atoms with E-state index in [1.165, 1.54) is 0 Å². The van der Waals surface area contributed by atoms with E-state index < -0.39 is 0 Å². The van der Waals surface area contributed by atoms with E-state index in [1.807, 2.05) is 0 Å². The topological polar surface area (TPSA) is 38.4 Å². The van der Waals surface area contributed by atoms with Crippen LogP contribution < -0.4 is 5.73 Å². The molecule has 0 aliphatic heterocycles. The van der Waals surface area contributed by atoms with Gasteiger partial charge in [0, 0.05) is 10.6 Å². The summed E-state index contributed by atoms with van der Waals surface area (Å²) < 4.78 is 0. The van der Waals surface area contributed by atoms with Crippen LogP contribution in [0.1, 0.15) is 12.5 Å². The maximum atomic E-state index is 5.72. The van der Waals surface area contributed by atoms with Crippen LogP contribution in [0, 0.1) is 0 Å². The van der Waals surface area contributed by atoms with Gasteiger partial charge in [-0.2, -0.15) is 0 Å². The van der Waals surface area contributed by atoms with Gasteiger partial charge in [-0.3, -0.25) is 0 Å². The van der Waals surface area contributed by atoms with Gasteiger partial charge in [-0.25, -0.2) is 4.99 Å². The van der Waals surface area contributed by atoms with Crippen molar-refractivity contribution in [3.05, 3.63) is 34.9 Å². The highest BCUT2D eigenvalue weighted by molar-refractivity contribution is 7.80. The summed E-state index contributed by atoms with van der Waals surface area (Å²) in [4.78, 5) is 4.48. The third-order valence-corrected chi connectivity index (χ3v) is 1.76. The van der Waals surface area contributed by atoms with E-state index in [-0.39, 0.29) is 0 Å². The highest BCUT2D eigenvalue weighted by Crippen LogP contribution is 2.09. The number of hydrogen-bond donors (Lipinski definition) is 1. The van der Waals surface area contributed by atoms with Gasteiger partial charge in [0.05, 0.1) is 0 Å². The van der Waals surface area contributed by atoms with Gasteiger partial charge in [-0.15, -0.1) is 0 Å². The van der Waals surface area contributed by atoms with E-state index in [4.69, 9.17) is 29.6 Å². The molecule has 68 valence electrons. The lowest BCUT2D eigenvalue weighted by atomic mass is 10.2. The molecule has 2 N–H and O–H groups in total. The fourth-order valence-corrected chi connectivity index (χ4v) is 1.08. The third kappa shape index (κ3) is 3.13. The molecule has 0 saturated heterocycles. The molecule has 0 aliphatic carbocycles. The number of thiocarbonyl (C=S) groups is 1. The van der Waals surface area contributed by atoms with Gasteiger partial charge in [0.2, 0.25) is 0 Å². The molecule has 1 rings (SSSR count). The van der Waals surface area contributed by atoms with Crippen molar-refractivity contribution in [1.29, 1.82) is 0 Å². The van der Waals surface area contributed by atoms with Crippen molar-refractivity contribution >= 4 is 34.6 Å². The second-order valence-electron chi connectivity index (χ2n) is 2.52. The van der Waals surface area contributed by atoms with Crippen molar-refractivity contribution in [3.63, 3.8) is 0 Å². The molecule has 0 spiro atoms. The van der Waals surface area contributed by atoms with E-state index >= 15 is 0 Å². The van der Waals surface area contributed by atoms with Gasteiger partial charge >= 0.3 is 0 Å². The zero-order chi connectivity index (χ0) is 9.84. The quantitative estimate of drug-likeness (QED) is 0.441. The minimum atomic E-state index is 0.421. The number of nitrogens with two attached hydrogens (primary N) is 1. The SMILES string of the molecule is CC(=S)N=C(N)c1ccc(Cl)cc1. The van der Waals surface area contributed by atoms with E-state index in [9.17, 15) is 0 Å². The van der Waals surface area contributed by atoms with Gasteiger partial charge in [0.1, 0.15) is 10.8 Å². The van der Waals surface area contributed by atoms with Gasteiger partial charge < -0.3 is 5.73 Å². The molecule has 0 fully saturated rings. The van der Waals surface area contributed by atoms with E-state index in [1.54, 1.807) is 31.2 Å². The van der Waals surface area contributed by atoms with Gasteiger partial charge in [-0.05, 0) is 31.2 Å². The van der Waals surface area contributed by atoms with Crippen LogP contribution in [0.15, 0.2) is 29.3 Å². The Hall–Kier alpha value is -0.930. The van der Waals surface area contributed by atoms with Gasteiger partial charge in [0.25, 0.3) is 0 Å². The van der Waals surface area contributed by atoms with Crippen molar-refractivity contribution in [2.24, 2.45) is 10.7 Å². The first-order valence-electron chi connectivity index (χ1n) is 3.70. The molecule has 4 heteroatoms. The Balaban J connectivity index is 2.96. The summed E-state index contributed by atoms with van der Waals surface area (Å²) in [7, 11) is 0. The molecule has 2 nitrogen and oxygen atoms in total. The summed E-state index contributed by atoms with van der Waals surface area (Å²) >= 11 is 10.5. The molecule has 13 heavy (non-hydrogen) atoms. The van der Waals surface area contributed by atoms with Gasteiger partial charge in [-0.1, -0.05) is 23.8 Å². The van der Waals surface area contributed by atoms with Crippen LogP contribution in [0.2, 0.25) is 5.02 Å². The largest absolute Gasteiger partial charge is 0.383 e. The molecule has 0 radical (unpaired) electrons. The normalized spacial score (nSPS) is 11.4. The van der Waals surface area contributed by atoms with Crippen molar-refractivity contribution in [3.8, 4) is 0 Å². The van der Waals surface area contributed by atoms with Crippen molar-refractivity contribution in [2.75, 3.05) is 0 Å². The second kappa shape index (κ2) is 4.35. The van der Waals surface area contributed by atoms with Crippen LogP contribution in [0.25, 0.3) is 0 Å². The molecule has 0 amide bonds. The average Bonchev–Trinajstić information content (AvgIpc) is 2.04. The lowest BCUT2D eigenvalue weighted by molar-refractivity contribution is 1.52. The molecular formula is C9H9ClN2S. The smallest absolute Gasteiger partial charge is 0.131 e. The Labute approximate surface area is 87.4 Å². The number of halogens is 1. The maximum absolute atomic E-state index is 5.72. The predicted octanol–water partition coefficient (Wildman–Crippen LogP) is 2.39. The monoisotopic (exact) mass is 212 g/mol. The zero-order valence-corrected chi connectivity index (χ0v) is 8.69. The van der Waals surface area contributed by atoms with E-state index in [2.05, 4.69) is 4.99 Å². The summed E-state index contributed by atoms with van der Waals surface area (Å²) in [5, 5.41) is 0.677. The lowest BCUT2D eigenvalue weighted by Crippen LogP contribution is -2.14. The molecule has 0 unspecified atom stereocenters. The van der Waals surface area contributed by atoms with Crippen LogP contribution in [0.4, 0.5) is 0 Å². The molecule has 0 saturated carbocycles. The summed E-state index contributed by atoms with van der Waals surface area (Å²) in [6, 6.07) is 7.13.